The van der Waals surface area contributed by atoms with E-state index in [1.807, 2.05) is 0 Å². The van der Waals surface area contributed by atoms with Crippen LogP contribution in [0.3, 0.4) is 0 Å². The average molecular weight is 137 g/mol. The summed E-state index contributed by atoms with van der Waals surface area (Å²) in [6.45, 7) is 1.41. The summed E-state index contributed by atoms with van der Waals surface area (Å²) in [7, 11) is 0. The Balaban J connectivity index is 2.70. The number of fused-ring (bicyclic) bond motifs is 1. The van der Waals surface area contributed by atoms with E-state index in [1.54, 1.807) is 0 Å². The molecule has 4 heteroatoms. The maximum absolute atomic E-state index is 10.9. The van der Waals surface area contributed by atoms with Crippen LogP contribution in [0.4, 0.5) is 0 Å². The molecule has 2 heterocycles. The molecule has 4 nitrogen and oxygen atoms in total. The van der Waals surface area contributed by atoms with E-state index in [1.165, 1.54) is 6.33 Å². The zero-order valence-corrected chi connectivity index (χ0v) is 5.35. The van der Waals surface area contributed by atoms with Gasteiger partial charge in [-0.05, 0) is 0 Å². The highest BCUT2D eigenvalue weighted by molar-refractivity contribution is 5.19. The maximum atomic E-state index is 10.9. The van der Waals surface area contributed by atoms with Crippen molar-refractivity contribution in [2.24, 2.45) is 0 Å². The lowest BCUT2D eigenvalue weighted by Gasteiger charge is -1.91. The second kappa shape index (κ2) is 1.91. The number of hydrogen-bond acceptors (Lipinski definition) is 3. The lowest BCUT2D eigenvalue weighted by Crippen LogP contribution is -2.13. The molecule has 2 N–H and O–H groups in total. The highest BCUT2D eigenvalue weighted by Crippen LogP contribution is 2.04. The van der Waals surface area contributed by atoms with Crippen LogP contribution in [0.15, 0.2) is 11.1 Å². The van der Waals surface area contributed by atoms with Crippen LogP contribution in [0.25, 0.3) is 0 Å². The largest absolute Gasteiger partial charge is 0.348 e. The smallest absolute Gasteiger partial charge is 0.277 e. The summed E-state index contributed by atoms with van der Waals surface area (Å²) in [5.41, 5.74) is 1.64. The van der Waals surface area contributed by atoms with Gasteiger partial charge in [0.05, 0.1) is 11.9 Å². The fourth-order valence-electron chi connectivity index (χ4n) is 1.12. The minimum absolute atomic E-state index is 0.112. The zero-order chi connectivity index (χ0) is 6.97. The van der Waals surface area contributed by atoms with E-state index in [0.29, 0.717) is 6.54 Å². The zero-order valence-electron chi connectivity index (χ0n) is 5.35. The molecule has 0 saturated heterocycles. The van der Waals surface area contributed by atoms with Gasteiger partial charge in [-0.1, -0.05) is 0 Å². The Bertz CT molecular complexity index is 304. The minimum Gasteiger partial charge on any atom is -0.348 e. The van der Waals surface area contributed by atoms with E-state index in [0.717, 1.165) is 17.8 Å². The predicted molar refractivity (Wildman–Crippen MR) is 35.4 cm³/mol. The van der Waals surface area contributed by atoms with Crippen LogP contribution in [0, 0.1) is 0 Å². The molecule has 0 atom stereocenters. The van der Waals surface area contributed by atoms with Gasteiger partial charge in [-0.15, -0.1) is 0 Å². The molecule has 52 valence electrons. The first-order chi connectivity index (χ1) is 4.88. The van der Waals surface area contributed by atoms with Crippen LogP contribution in [-0.4, -0.2) is 9.97 Å². The van der Waals surface area contributed by atoms with E-state index in [9.17, 15) is 4.79 Å². The predicted octanol–water partition coefficient (Wildman–Crippen LogP) is -0.627. The van der Waals surface area contributed by atoms with Gasteiger partial charge in [0.15, 0.2) is 0 Å². The average Bonchev–Trinajstić information content (AvgIpc) is 2.36. The number of hydrogen-bond donors (Lipinski definition) is 2. The van der Waals surface area contributed by atoms with Gasteiger partial charge >= 0.3 is 0 Å². The van der Waals surface area contributed by atoms with E-state index in [4.69, 9.17) is 0 Å². The van der Waals surface area contributed by atoms with Gasteiger partial charge in [-0.3, -0.25) is 4.79 Å². The standard InChI is InChI=1S/C6H7N3O/c10-6-4-1-7-2-5(4)8-3-9-6/h3,7H,1-2H2,(H,8,9,10). The lowest BCUT2D eigenvalue weighted by atomic mass is 10.3. The van der Waals surface area contributed by atoms with Gasteiger partial charge in [-0.25, -0.2) is 0 Å². The van der Waals surface area contributed by atoms with Gasteiger partial charge < -0.3 is 10.3 Å². The van der Waals surface area contributed by atoms with Crippen molar-refractivity contribution < 1.29 is 0 Å². The summed E-state index contributed by atoms with van der Waals surface area (Å²) in [5.74, 6) is 0. The van der Waals surface area contributed by atoms with Crippen molar-refractivity contribution >= 4 is 0 Å². The summed E-state index contributed by atoms with van der Waals surface area (Å²) in [5, 5.41) is 3.06. The minimum atomic E-state index is -0.112. The van der Waals surface area contributed by atoms with Crippen molar-refractivity contribution in [2.75, 3.05) is 0 Å². The van der Waals surface area contributed by atoms with Crippen molar-refractivity contribution in [3.05, 3.63) is 27.9 Å². The topological polar surface area (TPSA) is 57.8 Å². The molecule has 0 saturated carbocycles. The Kier molecular flexibility index (Phi) is 1.07. The molecule has 0 fully saturated rings. The monoisotopic (exact) mass is 137 g/mol. The Labute approximate surface area is 57.3 Å². The second-order valence-electron chi connectivity index (χ2n) is 2.27. The summed E-state index contributed by atoms with van der Waals surface area (Å²) < 4.78 is 0. The molecule has 1 aliphatic rings. The molecule has 2 rings (SSSR count). The molecular formula is C6H7N3O. The van der Waals surface area contributed by atoms with Crippen molar-refractivity contribution in [2.45, 2.75) is 13.1 Å². The third-order valence-electron chi connectivity index (χ3n) is 1.65. The molecule has 10 heavy (non-hydrogen) atoms. The quantitative estimate of drug-likeness (QED) is 0.500. The Morgan fingerprint density at radius 3 is 3.20 bits per heavy atom. The molecule has 1 aromatic heterocycles. The van der Waals surface area contributed by atoms with Crippen LogP contribution in [-0.2, 0) is 13.1 Å². The number of nitrogens with one attached hydrogen (secondary N) is 2. The molecule has 0 aromatic carbocycles. The fraction of sp³-hybridized carbons (Fsp3) is 0.333. The Morgan fingerprint density at radius 2 is 2.40 bits per heavy atom. The molecule has 0 aliphatic carbocycles. The third kappa shape index (κ3) is 0.657. The lowest BCUT2D eigenvalue weighted by molar-refractivity contribution is 0.756. The molecule has 1 aromatic rings. The van der Waals surface area contributed by atoms with Crippen LogP contribution in [0.1, 0.15) is 11.3 Å². The summed E-state index contributed by atoms with van der Waals surface area (Å²) in [6.07, 6.45) is 1.44. The Morgan fingerprint density at radius 1 is 1.50 bits per heavy atom. The van der Waals surface area contributed by atoms with Crippen molar-refractivity contribution in [3.8, 4) is 0 Å². The third-order valence-corrected chi connectivity index (χ3v) is 1.65. The SMILES string of the molecule is O=c1nc[nH]c2c1CNC2. The van der Waals surface area contributed by atoms with E-state index in [2.05, 4.69) is 15.3 Å². The highest BCUT2D eigenvalue weighted by Gasteiger charge is 2.12. The van der Waals surface area contributed by atoms with Crippen molar-refractivity contribution in [1.82, 2.24) is 15.3 Å². The molecule has 0 radical (unpaired) electrons. The summed E-state index contributed by atoms with van der Waals surface area (Å²) >= 11 is 0. The summed E-state index contributed by atoms with van der Waals surface area (Å²) in [6, 6.07) is 0. The molecule has 0 unspecified atom stereocenters. The first kappa shape index (κ1) is 5.61. The normalized spacial score (nSPS) is 15.2. The Hall–Kier alpha value is -1.16. The van der Waals surface area contributed by atoms with Crippen molar-refractivity contribution in [1.29, 1.82) is 0 Å². The number of rotatable bonds is 0. The van der Waals surface area contributed by atoms with E-state index >= 15 is 0 Å². The first-order valence-corrected chi connectivity index (χ1v) is 3.14. The van der Waals surface area contributed by atoms with Crippen molar-refractivity contribution in [3.63, 3.8) is 0 Å². The molecule has 0 spiro atoms. The number of nitrogens with zero attached hydrogens (tertiary/aromatic N) is 1. The maximum Gasteiger partial charge on any atom is 0.277 e. The molecule has 0 amide bonds. The summed E-state index contributed by atoms with van der Waals surface area (Å²) in [4.78, 5) is 17.5. The van der Waals surface area contributed by atoms with Crippen LogP contribution < -0.4 is 10.9 Å². The van der Waals surface area contributed by atoms with E-state index in [-0.39, 0.29) is 5.56 Å². The van der Waals surface area contributed by atoms with Gasteiger partial charge in [0.1, 0.15) is 0 Å². The molecular weight excluding hydrogens is 130 g/mol. The van der Waals surface area contributed by atoms with Crippen LogP contribution >= 0.6 is 0 Å². The highest BCUT2D eigenvalue weighted by atomic mass is 16.1. The molecule has 1 aliphatic heterocycles. The first-order valence-electron chi connectivity index (χ1n) is 3.14. The fourth-order valence-corrected chi connectivity index (χ4v) is 1.12. The van der Waals surface area contributed by atoms with Gasteiger partial charge in [0.2, 0.25) is 0 Å². The van der Waals surface area contributed by atoms with Crippen LogP contribution in [0.5, 0.6) is 0 Å². The number of aromatic amines is 1. The van der Waals surface area contributed by atoms with E-state index < -0.39 is 0 Å². The van der Waals surface area contributed by atoms with Gasteiger partial charge in [-0.2, -0.15) is 4.98 Å². The van der Waals surface area contributed by atoms with Gasteiger partial charge in [0.25, 0.3) is 5.56 Å². The number of H-pyrrole nitrogens is 1. The molecule has 0 bridgehead atoms. The second-order valence-corrected chi connectivity index (χ2v) is 2.27. The number of aromatic nitrogens is 2. The van der Waals surface area contributed by atoms with Gasteiger partial charge in [0, 0.05) is 18.8 Å². The van der Waals surface area contributed by atoms with Crippen LogP contribution in [0.2, 0.25) is 0 Å².